The highest BCUT2D eigenvalue weighted by Crippen LogP contribution is 2.17. The van der Waals surface area contributed by atoms with Crippen LogP contribution in [0.1, 0.15) is 16.8 Å². The van der Waals surface area contributed by atoms with Gasteiger partial charge in [-0.15, -0.1) is 5.10 Å². The number of pyridine rings is 1. The third-order valence-electron chi connectivity index (χ3n) is 3.29. The number of benzene rings is 1. The first kappa shape index (κ1) is 11.6. The summed E-state index contributed by atoms with van der Waals surface area (Å²) in [5, 5.41) is 8.34. The number of anilines is 1. The van der Waals surface area contributed by atoms with Crippen molar-refractivity contribution < 1.29 is 0 Å². The minimum atomic E-state index is 0.588. The van der Waals surface area contributed by atoms with E-state index in [1.807, 2.05) is 42.8 Å². The minimum absolute atomic E-state index is 0.588. The van der Waals surface area contributed by atoms with Gasteiger partial charge < -0.3 is 5.73 Å². The highest BCUT2D eigenvalue weighted by atomic mass is 15.4. The third-order valence-corrected chi connectivity index (χ3v) is 3.29. The summed E-state index contributed by atoms with van der Waals surface area (Å²) >= 11 is 0. The highest BCUT2D eigenvalue weighted by Gasteiger charge is 2.08. The van der Waals surface area contributed by atoms with E-state index in [2.05, 4.69) is 21.4 Å². The van der Waals surface area contributed by atoms with E-state index in [-0.39, 0.29) is 0 Å². The van der Waals surface area contributed by atoms with Gasteiger partial charge in [-0.25, -0.2) is 9.67 Å². The van der Waals surface area contributed by atoms with Crippen LogP contribution in [0.2, 0.25) is 0 Å². The number of nitrogen functional groups attached to an aromatic ring is 1. The molecule has 2 aromatic heterocycles. The molecule has 0 fully saturated rings. The van der Waals surface area contributed by atoms with E-state index in [0.29, 0.717) is 12.4 Å². The van der Waals surface area contributed by atoms with Gasteiger partial charge in [-0.2, -0.15) is 0 Å². The van der Waals surface area contributed by atoms with Gasteiger partial charge in [-0.3, -0.25) is 0 Å². The second-order valence-corrected chi connectivity index (χ2v) is 4.67. The molecule has 96 valence electrons. The molecule has 0 aliphatic carbocycles. The molecule has 5 nitrogen and oxygen atoms in total. The molecule has 0 saturated heterocycles. The van der Waals surface area contributed by atoms with E-state index in [9.17, 15) is 0 Å². The number of hydrogen-bond acceptors (Lipinski definition) is 4. The van der Waals surface area contributed by atoms with Crippen molar-refractivity contribution in [3.8, 4) is 0 Å². The summed E-state index contributed by atoms with van der Waals surface area (Å²) in [6.07, 6.45) is 0. The zero-order chi connectivity index (χ0) is 13.4. The van der Waals surface area contributed by atoms with Crippen LogP contribution in [0.4, 0.5) is 5.82 Å². The fraction of sp³-hybridized carbons (Fsp3) is 0.214. The minimum Gasteiger partial charge on any atom is -0.383 e. The molecule has 0 bridgehead atoms. The van der Waals surface area contributed by atoms with Crippen LogP contribution in [0, 0.1) is 13.8 Å². The van der Waals surface area contributed by atoms with Crippen LogP contribution in [-0.4, -0.2) is 20.0 Å². The smallest absolute Gasteiger partial charge is 0.126 e. The molecule has 2 N–H and O–H groups in total. The lowest BCUT2D eigenvalue weighted by Crippen LogP contribution is -2.07. The summed E-state index contributed by atoms with van der Waals surface area (Å²) in [5.74, 6) is 0.588. The van der Waals surface area contributed by atoms with Gasteiger partial charge in [0.15, 0.2) is 0 Å². The van der Waals surface area contributed by atoms with Gasteiger partial charge in [0.1, 0.15) is 11.3 Å². The molecule has 3 aromatic rings. The average Bonchev–Trinajstić information content (AvgIpc) is 2.80. The monoisotopic (exact) mass is 253 g/mol. The molecule has 3 rings (SSSR count). The maximum Gasteiger partial charge on any atom is 0.126 e. The van der Waals surface area contributed by atoms with E-state index in [4.69, 9.17) is 5.73 Å². The number of aromatic nitrogens is 4. The fourth-order valence-corrected chi connectivity index (χ4v) is 2.14. The number of nitrogens with two attached hydrogens (primary N) is 1. The highest BCUT2D eigenvalue weighted by molar-refractivity contribution is 5.73. The van der Waals surface area contributed by atoms with Crippen molar-refractivity contribution >= 4 is 16.9 Å². The summed E-state index contributed by atoms with van der Waals surface area (Å²) in [5.41, 5.74) is 10.8. The van der Waals surface area contributed by atoms with Gasteiger partial charge in [0.05, 0.1) is 12.1 Å². The maximum absolute atomic E-state index is 5.81. The summed E-state index contributed by atoms with van der Waals surface area (Å²) in [6, 6.07) is 9.98. The van der Waals surface area contributed by atoms with E-state index in [1.54, 1.807) is 0 Å². The quantitative estimate of drug-likeness (QED) is 0.759. The first-order chi connectivity index (χ1) is 9.15. The van der Waals surface area contributed by atoms with E-state index >= 15 is 0 Å². The molecular formula is C14H15N5. The normalized spacial score (nSPS) is 11.1. The Kier molecular flexibility index (Phi) is 2.67. The molecular weight excluding hydrogens is 238 g/mol. The van der Waals surface area contributed by atoms with Crippen molar-refractivity contribution in [1.29, 1.82) is 0 Å². The molecule has 0 atom stereocenters. The van der Waals surface area contributed by atoms with E-state index in [0.717, 1.165) is 27.9 Å². The van der Waals surface area contributed by atoms with Gasteiger partial charge in [0, 0.05) is 5.69 Å². The second kappa shape index (κ2) is 4.35. The molecule has 1 aromatic carbocycles. The van der Waals surface area contributed by atoms with Crippen LogP contribution in [0.3, 0.4) is 0 Å². The number of aryl methyl sites for hydroxylation is 2. The Hall–Kier alpha value is -2.43. The summed E-state index contributed by atoms with van der Waals surface area (Å²) in [7, 11) is 0. The van der Waals surface area contributed by atoms with Gasteiger partial charge in [-0.1, -0.05) is 17.3 Å². The lowest BCUT2D eigenvalue weighted by atomic mass is 10.1. The molecule has 0 spiro atoms. The molecule has 0 radical (unpaired) electrons. The van der Waals surface area contributed by atoms with Crippen molar-refractivity contribution in [2.24, 2.45) is 0 Å². The molecule has 19 heavy (non-hydrogen) atoms. The van der Waals surface area contributed by atoms with Crippen LogP contribution >= 0.6 is 0 Å². The lowest BCUT2D eigenvalue weighted by Gasteiger charge is -2.09. The van der Waals surface area contributed by atoms with Crippen LogP contribution in [0.15, 0.2) is 30.3 Å². The van der Waals surface area contributed by atoms with Gasteiger partial charge in [0.25, 0.3) is 0 Å². The molecule has 0 unspecified atom stereocenters. The van der Waals surface area contributed by atoms with Crippen molar-refractivity contribution in [2.45, 2.75) is 20.4 Å². The SMILES string of the molecule is Cc1cc(Cn2nnc3ccccc32)c(C)nc1N. The Morgan fingerprint density at radius 1 is 1.21 bits per heavy atom. The third kappa shape index (κ3) is 2.03. The van der Waals surface area contributed by atoms with Crippen LogP contribution in [-0.2, 0) is 6.54 Å². The van der Waals surface area contributed by atoms with E-state index < -0.39 is 0 Å². The first-order valence-corrected chi connectivity index (χ1v) is 6.16. The molecule has 0 aliphatic rings. The number of hydrogen-bond donors (Lipinski definition) is 1. The molecule has 2 heterocycles. The van der Waals surface area contributed by atoms with E-state index in [1.165, 1.54) is 0 Å². The molecule has 0 amide bonds. The Bertz CT molecular complexity index is 745. The summed E-state index contributed by atoms with van der Waals surface area (Å²) in [4.78, 5) is 4.35. The fourth-order valence-electron chi connectivity index (χ4n) is 2.14. The summed E-state index contributed by atoms with van der Waals surface area (Å²) < 4.78 is 1.88. The van der Waals surface area contributed by atoms with Crippen LogP contribution in [0.5, 0.6) is 0 Å². The average molecular weight is 253 g/mol. The van der Waals surface area contributed by atoms with Gasteiger partial charge >= 0.3 is 0 Å². The number of rotatable bonds is 2. The van der Waals surface area contributed by atoms with Crippen LogP contribution < -0.4 is 5.73 Å². The number of fused-ring (bicyclic) bond motifs is 1. The molecule has 0 saturated carbocycles. The summed E-state index contributed by atoms with van der Waals surface area (Å²) in [6.45, 7) is 4.58. The standard InChI is InChI=1S/C14H15N5/c1-9-7-11(10(2)16-14(9)15)8-19-13-6-4-3-5-12(13)17-18-19/h3-7H,8H2,1-2H3,(H2,15,16). The zero-order valence-electron chi connectivity index (χ0n) is 11.0. The Morgan fingerprint density at radius 3 is 2.84 bits per heavy atom. The number of nitrogens with zero attached hydrogens (tertiary/aromatic N) is 4. The molecule has 5 heteroatoms. The van der Waals surface area contributed by atoms with Crippen molar-refractivity contribution in [2.75, 3.05) is 5.73 Å². The van der Waals surface area contributed by atoms with Crippen molar-refractivity contribution in [1.82, 2.24) is 20.0 Å². The lowest BCUT2D eigenvalue weighted by molar-refractivity contribution is 0.665. The zero-order valence-corrected chi connectivity index (χ0v) is 11.0. The van der Waals surface area contributed by atoms with Gasteiger partial charge in [-0.05, 0) is 43.2 Å². The Balaban J connectivity index is 2.04. The largest absolute Gasteiger partial charge is 0.383 e. The predicted octanol–water partition coefficient (Wildman–Crippen LogP) is 2.07. The predicted molar refractivity (Wildman–Crippen MR) is 74.8 cm³/mol. The van der Waals surface area contributed by atoms with Gasteiger partial charge in [0.2, 0.25) is 0 Å². The van der Waals surface area contributed by atoms with Crippen molar-refractivity contribution in [3.63, 3.8) is 0 Å². The van der Waals surface area contributed by atoms with Crippen molar-refractivity contribution in [3.05, 3.63) is 47.2 Å². The second-order valence-electron chi connectivity index (χ2n) is 4.67. The topological polar surface area (TPSA) is 69.6 Å². The Morgan fingerprint density at radius 2 is 2.00 bits per heavy atom. The number of para-hydroxylation sites is 1. The van der Waals surface area contributed by atoms with Crippen LogP contribution in [0.25, 0.3) is 11.0 Å². The molecule has 0 aliphatic heterocycles. The maximum atomic E-state index is 5.81. The first-order valence-electron chi connectivity index (χ1n) is 6.16. The Labute approximate surface area is 111 Å².